The summed E-state index contributed by atoms with van der Waals surface area (Å²) in [7, 11) is 0. The molecule has 1 fully saturated rings. The third-order valence-electron chi connectivity index (χ3n) is 4.27. The van der Waals surface area contributed by atoms with Gasteiger partial charge in [0.15, 0.2) is 5.65 Å². The van der Waals surface area contributed by atoms with E-state index in [1.165, 1.54) is 0 Å². The van der Waals surface area contributed by atoms with Crippen molar-refractivity contribution in [2.45, 2.75) is 25.9 Å². The molecule has 0 amide bonds. The van der Waals surface area contributed by atoms with Crippen LogP contribution >= 0.6 is 11.6 Å². The standard InChI is InChI=1S/C17H18ClN5O/c1-11-7-12(18)4-5-15(11)23-17-14(9-22-23)16(20-10-21-17)19-8-13-3-2-6-24-13/h4-5,7,9-10,13H,2-3,6,8H2,1H3,(H,19,20,21)/t13-/m0/s1. The maximum absolute atomic E-state index is 6.05. The van der Waals surface area contributed by atoms with Gasteiger partial charge in [-0.3, -0.25) is 0 Å². The molecule has 0 bridgehead atoms. The van der Waals surface area contributed by atoms with Gasteiger partial charge >= 0.3 is 0 Å². The van der Waals surface area contributed by atoms with Crippen LogP contribution in [-0.2, 0) is 4.74 Å². The van der Waals surface area contributed by atoms with E-state index in [0.29, 0.717) is 5.02 Å². The maximum Gasteiger partial charge on any atom is 0.168 e. The van der Waals surface area contributed by atoms with Gasteiger partial charge in [0.1, 0.15) is 12.1 Å². The zero-order valence-corrected chi connectivity index (χ0v) is 14.1. The van der Waals surface area contributed by atoms with E-state index in [1.54, 1.807) is 12.5 Å². The number of hydrogen-bond donors (Lipinski definition) is 1. The molecule has 3 aromatic rings. The number of nitrogens with one attached hydrogen (secondary N) is 1. The fourth-order valence-electron chi connectivity index (χ4n) is 3.03. The summed E-state index contributed by atoms with van der Waals surface area (Å²) in [5, 5.41) is 9.47. The van der Waals surface area contributed by atoms with Crippen LogP contribution in [0.2, 0.25) is 5.02 Å². The topological polar surface area (TPSA) is 64.9 Å². The molecule has 0 spiro atoms. The molecule has 6 nitrogen and oxygen atoms in total. The van der Waals surface area contributed by atoms with Gasteiger partial charge in [0, 0.05) is 18.2 Å². The molecule has 1 aliphatic rings. The predicted molar refractivity (Wildman–Crippen MR) is 93.9 cm³/mol. The fourth-order valence-corrected chi connectivity index (χ4v) is 3.26. The Morgan fingerprint density at radius 2 is 2.29 bits per heavy atom. The number of rotatable bonds is 4. The van der Waals surface area contributed by atoms with Crippen molar-refractivity contribution in [3.05, 3.63) is 41.3 Å². The summed E-state index contributed by atoms with van der Waals surface area (Å²) in [4.78, 5) is 8.77. The molecule has 124 valence electrons. The summed E-state index contributed by atoms with van der Waals surface area (Å²) < 4.78 is 7.47. The van der Waals surface area contributed by atoms with Gasteiger partial charge in [-0.05, 0) is 43.5 Å². The minimum atomic E-state index is 0.253. The number of aryl methyl sites for hydroxylation is 1. The number of fused-ring (bicyclic) bond motifs is 1. The van der Waals surface area contributed by atoms with Crippen molar-refractivity contribution in [2.75, 3.05) is 18.5 Å². The third kappa shape index (κ3) is 2.83. The molecule has 0 saturated carbocycles. The Morgan fingerprint density at radius 1 is 1.38 bits per heavy atom. The van der Waals surface area contributed by atoms with Crippen molar-refractivity contribution in [3.63, 3.8) is 0 Å². The maximum atomic E-state index is 6.05. The average molecular weight is 344 g/mol. The zero-order chi connectivity index (χ0) is 16.5. The Morgan fingerprint density at radius 3 is 3.08 bits per heavy atom. The average Bonchev–Trinajstić information content (AvgIpc) is 3.22. The molecule has 1 aliphatic heterocycles. The highest BCUT2D eigenvalue weighted by Gasteiger charge is 2.17. The quantitative estimate of drug-likeness (QED) is 0.786. The van der Waals surface area contributed by atoms with Gasteiger partial charge < -0.3 is 10.1 Å². The van der Waals surface area contributed by atoms with Crippen LogP contribution in [-0.4, -0.2) is 39.0 Å². The molecular formula is C17H18ClN5O. The van der Waals surface area contributed by atoms with Gasteiger partial charge in [-0.2, -0.15) is 5.10 Å². The predicted octanol–water partition coefficient (Wildman–Crippen LogP) is 3.37. The Labute approximate surface area is 144 Å². The summed E-state index contributed by atoms with van der Waals surface area (Å²) >= 11 is 6.05. The summed E-state index contributed by atoms with van der Waals surface area (Å²) in [5.41, 5.74) is 2.77. The first-order chi connectivity index (χ1) is 11.7. The lowest BCUT2D eigenvalue weighted by atomic mass is 10.2. The van der Waals surface area contributed by atoms with E-state index in [1.807, 2.05) is 29.8 Å². The van der Waals surface area contributed by atoms with Gasteiger partial charge in [-0.25, -0.2) is 14.6 Å². The van der Waals surface area contributed by atoms with Crippen molar-refractivity contribution < 1.29 is 4.74 Å². The van der Waals surface area contributed by atoms with Gasteiger partial charge in [0.25, 0.3) is 0 Å². The fraction of sp³-hybridized carbons (Fsp3) is 0.353. The summed E-state index contributed by atoms with van der Waals surface area (Å²) in [5.74, 6) is 0.786. The highest BCUT2D eigenvalue weighted by molar-refractivity contribution is 6.30. The summed E-state index contributed by atoms with van der Waals surface area (Å²) in [6, 6.07) is 5.73. The van der Waals surface area contributed by atoms with Gasteiger partial charge in [-0.15, -0.1) is 0 Å². The van der Waals surface area contributed by atoms with Gasteiger partial charge in [0.05, 0.1) is 23.4 Å². The van der Waals surface area contributed by atoms with E-state index in [4.69, 9.17) is 16.3 Å². The van der Waals surface area contributed by atoms with Crippen LogP contribution in [0.5, 0.6) is 0 Å². The Balaban J connectivity index is 1.68. The molecule has 3 heterocycles. The molecule has 1 atom stereocenters. The van der Waals surface area contributed by atoms with Crippen LogP contribution in [0.15, 0.2) is 30.7 Å². The Hall–Kier alpha value is -2.18. The minimum Gasteiger partial charge on any atom is -0.376 e. The SMILES string of the molecule is Cc1cc(Cl)ccc1-n1ncc2c(NC[C@@H]3CCCO3)ncnc21. The minimum absolute atomic E-state index is 0.253. The van der Waals surface area contributed by atoms with Crippen LogP contribution < -0.4 is 5.32 Å². The molecule has 0 unspecified atom stereocenters. The van der Waals surface area contributed by atoms with E-state index < -0.39 is 0 Å². The molecule has 2 aromatic heterocycles. The summed E-state index contributed by atoms with van der Waals surface area (Å²) in [6.07, 6.45) is 5.82. The van der Waals surface area contributed by atoms with Crippen LogP contribution in [0.25, 0.3) is 16.7 Å². The highest BCUT2D eigenvalue weighted by Crippen LogP contribution is 2.25. The molecule has 7 heteroatoms. The highest BCUT2D eigenvalue weighted by atomic mass is 35.5. The number of anilines is 1. The molecule has 1 N–H and O–H groups in total. The van der Waals surface area contributed by atoms with Crippen molar-refractivity contribution in [3.8, 4) is 5.69 Å². The van der Waals surface area contributed by atoms with E-state index in [9.17, 15) is 0 Å². The number of aromatic nitrogens is 4. The second-order valence-corrected chi connectivity index (χ2v) is 6.40. The number of ether oxygens (including phenoxy) is 1. The molecule has 24 heavy (non-hydrogen) atoms. The second kappa shape index (κ2) is 6.37. The van der Waals surface area contributed by atoms with Crippen LogP contribution in [0.3, 0.4) is 0 Å². The number of halogens is 1. The zero-order valence-electron chi connectivity index (χ0n) is 13.4. The van der Waals surface area contributed by atoms with Gasteiger partial charge in [0.2, 0.25) is 0 Å². The number of hydrogen-bond acceptors (Lipinski definition) is 5. The van der Waals surface area contributed by atoms with Crippen molar-refractivity contribution in [1.29, 1.82) is 0 Å². The first kappa shape index (κ1) is 15.4. The Kier molecular flexibility index (Phi) is 4.08. The number of nitrogens with zero attached hydrogens (tertiary/aromatic N) is 4. The van der Waals surface area contributed by atoms with E-state index in [2.05, 4.69) is 20.4 Å². The molecule has 0 radical (unpaired) electrons. The smallest absolute Gasteiger partial charge is 0.168 e. The molecule has 4 rings (SSSR count). The third-order valence-corrected chi connectivity index (χ3v) is 4.51. The van der Waals surface area contributed by atoms with Crippen LogP contribution in [0, 0.1) is 6.92 Å². The van der Waals surface area contributed by atoms with Crippen LogP contribution in [0.4, 0.5) is 5.82 Å². The lowest BCUT2D eigenvalue weighted by Crippen LogP contribution is -2.19. The van der Waals surface area contributed by atoms with Gasteiger partial charge in [-0.1, -0.05) is 11.6 Å². The van der Waals surface area contributed by atoms with E-state index in [0.717, 1.165) is 54.1 Å². The second-order valence-electron chi connectivity index (χ2n) is 5.96. The van der Waals surface area contributed by atoms with Crippen LogP contribution in [0.1, 0.15) is 18.4 Å². The first-order valence-corrected chi connectivity index (χ1v) is 8.41. The monoisotopic (exact) mass is 343 g/mol. The van der Waals surface area contributed by atoms with E-state index >= 15 is 0 Å². The molecule has 1 saturated heterocycles. The molecular weight excluding hydrogens is 326 g/mol. The number of benzene rings is 1. The van der Waals surface area contributed by atoms with E-state index in [-0.39, 0.29) is 6.10 Å². The van der Waals surface area contributed by atoms with Crippen molar-refractivity contribution in [2.24, 2.45) is 0 Å². The lowest BCUT2D eigenvalue weighted by molar-refractivity contribution is 0.120. The Bertz CT molecular complexity index is 873. The molecule has 1 aromatic carbocycles. The summed E-state index contributed by atoms with van der Waals surface area (Å²) in [6.45, 7) is 3.60. The molecule has 0 aliphatic carbocycles. The largest absolute Gasteiger partial charge is 0.376 e. The first-order valence-electron chi connectivity index (χ1n) is 8.03. The normalized spacial score (nSPS) is 17.5. The lowest BCUT2D eigenvalue weighted by Gasteiger charge is -2.12. The van der Waals surface area contributed by atoms with Crippen molar-refractivity contribution >= 4 is 28.5 Å². The van der Waals surface area contributed by atoms with Crippen molar-refractivity contribution in [1.82, 2.24) is 19.7 Å².